The minimum atomic E-state index is 0.765. The van der Waals surface area contributed by atoms with Gasteiger partial charge >= 0.3 is 0 Å². The molecular weight excluding hydrogens is 287 g/mol. The topological polar surface area (TPSA) is 0 Å². The first-order chi connectivity index (χ1) is 9.59. The van der Waals surface area contributed by atoms with Crippen LogP contribution in [0.15, 0.2) is 48.5 Å². The van der Waals surface area contributed by atoms with Crippen molar-refractivity contribution in [3.63, 3.8) is 0 Å². The van der Waals surface area contributed by atoms with E-state index >= 15 is 0 Å². The molecule has 0 saturated carbocycles. The van der Waals surface area contributed by atoms with Gasteiger partial charge in [0.2, 0.25) is 0 Å². The van der Waals surface area contributed by atoms with Crippen LogP contribution in [0.5, 0.6) is 0 Å². The molecule has 0 heterocycles. The quantitative estimate of drug-likeness (QED) is 0.486. The predicted octanol–water partition coefficient (Wildman–Crippen LogP) is 6.43. The van der Waals surface area contributed by atoms with E-state index in [2.05, 4.69) is 38.1 Å². The van der Waals surface area contributed by atoms with Gasteiger partial charge in [0, 0.05) is 21.0 Å². The Kier molecular flexibility index (Phi) is 3.45. The molecule has 0 unspecified atom stereocenters. The number of fused-ring (bicyclic) bond motifs is 1. The fourth-order valence-corrected chi connectivity index (χ4v) is 3.41. The third kappa shape index (κ3) is 2.09. The Balaban J connectivity index is 2.48. The van der Waals surface area contributed by atoms with Crippen LogP contribution >= 0.6 is 23.2 Å². The van der Waals surface area contributed by atoms with E-state index in [0.717, 1.165) is 31.9 Å². The van der Waals surface area contributed by atoms with Crippen molar-refractivity contribution in [1.29, 1.82) is 0 Å². The van der Waals surface area contributed by atoms with Crippen LogP contribution in [0.25, 0.3) is 21.9 Å². The molecule has 0 nitrogen and oxygen atoms in total. The maximum atomic E-state index is 6.43. The van der Waals surface area contributed by atoms with E-state index in [9.17, 15) is 0 Å². The highest BCUT2D eigenvalue weighted by Crippen LogP contribution is 2.39. The van der Waals surface area contributed by atoms with E-state index < -0.39 is 0 Å². The largest absolute Gasteiger partial charge is 0.0837 e. The molecular formula is C18H14Cl2. The number of aryl methyl sites for hydroxylation is 2. The smallest absolute Gasteiger partial charge is 0.0490 e. The highest BCUT2D eigenvalue weighted by Gasteiger charge is 2.13. The van der Waals surface area contributed by atoms with Crippen LogP contribution in [0.4, 0.5) is 0 Å². The van der Waals surface area contributed by atoms with Gasteiger partial charge in [0.1, 0.15) is 0 Å². The summed E-state index contributed by atoms with van der Waals surface area (Å²) in [7, 11) is 0. The van der Waals surface area contributed by atoms with Crippen molar-refractivity contribution < 1.29 is 0 Å². The molecule has 0 radical (unpaired) electrons. The Labute approximate surface area is 129 Å². The van der Waals surface area contributed by atoms with Crippen molar-refractivity contribution in [3.05, 3.63) is 69.7 Å². The van der Waals surface area contributed by atoms with Crippen molar-refractivity contribution in [2.45, 2.75) is 13.8 Å². The lowest BCUT2D eigenvalue weighted by Gasteiger charge is -2.15. The third-order valence-electron chi connectivity index (χ3n) is 3.66. The molecule has 0 aliphatic heterocycles. The minimum absolute atomic E-state index is 0.765. The average molecular weight is 301 g/mol. The summed E-state index contributed by atoms with van der Waals surface area (Å²) in [4.78, 5) is 0. The summed E-state index contributed by atoms with van der Waals surface area (Å²) in [6, 6.07) is 16.2. The van der Waals surface area contributed by atoms with Gasteiger partial charge in [-0.15, -0.1) is 0 Å². The van der Waals surface area contributed by atoms with E-state index in [1.54, 1.807) is 0 Å². The molecule has 100 valence electrons. The lowest BCUT2D eigenvalue weighted by Crippen LogP contribution is -1.90. The third-order valence-corrected chi connectivity index (χ3v) is 4.29. The molecule has 0 amide bonds. The first-order valence-corrected chi connectivity index (χ1v) is 7.28. The predicted molar refractivity (Wildman–Crippen MR) is 88.9 cm³/mol. The normalized spacial score (nSPS) is 11.0. The second-order valence-electron chi connectivity index (χ2n) is 5.03. The summed E-state index contributed by atoms with van der Waals surface area (Å²) in [6.07, 6.45) is 0. The van der Waals surface area contributed by atoms with Crippen molar-refractivity contribution in [2.75, 3.05) is 0 Å². The molecule has 0 saturated heterocycles. The molecule has 2 heteroatoms. The molecule has 0 fully saturated rings. The van der Waals surface area contributed by atoms with Crippen LogP contribution in [-0.2, 0) is 0 Å². The molecule has 0 spiro atoms. The number of benzene rings is 3. The van der Waals surface area contributed by atoms with Crippen molar-refractivity contribution in [2.24, 2.45) is 0 Å². The Hall–Kier alpha value is -1.50. The lowest BCUT2D eigenvalue weighted by molar-refractivity contribution is 1.46. The standard InChI is InChI=1S/C18H14Cl2/c1-11-6-5-8-14-17(12(2)10-16(20)18(11)14)13-7-3-4-9-15(13)19/h3-10H,1-2H3. The van der Waals surface area contributed by atoms with Crippen LogP contribution in [-0.4, -0.2) is 0 Å². The number of halogens is 2. The molecule has 0 bridgehead atoms. The van der Waals surface area contributed by atoms with Gasteiger partial charge in [-0.1, -0.05) is 59.6 Å². The van der Waals surface area contributed by atoms with Crippen molar-refractivity contribution in [3.8, 4) is 11.1 Å². The van der Waals surface area contributed by atoms with Gasteiger partial charge < -0.3 is 0 Å². The summed E-state index contributed by atoms with van der Waals surface area (Å²) in [6.45, 7) is 4.16. The van der Waals surface area contributed by atoms with Gasteiger partial charge in [0.15, 0.2) is 0 Å². The van der Waals surface area contributed by atoms with Gasteiger partial charge in [0.05, 0.1) is 0 Å². The Morgan fingerprint density at radius 2 is 1.50 bits per heavy atom. The zero-order chi connectivity index (χ0) is 14.3. The Morgan fingerprint density at radius 3 is 2.25 bits per heavy atom. The van der Waals surface area contributed by atoms with Crippen LogP contribution in [0.3, 0.4) is 0 Å². The second-order valence-corrected chi connectivity index (χ2v) is 5.84. The maximum Gasteiger partial charge on any atom is 0.0490 e. The summed E-state index contributed by atoms with van der Waals surface area (Å²) >= 11 is 12.8. The fraction of sp³-hybridized carbons (Fsp3) is 0.111. The van der Waals surface area contributed by atoms with Crippen LogP contribution in [0.2, 0.25) is 10.0 Å². The van der Waals surface area contributed by atoms with Gasteiger partial charge in [-0.3, -0.25) is 0 Å². The summed E-state index contributed by atoms with van der Waals surface area (Å²) in [5, 5.41) is 3.82. The Bertz CT molecular complexity index is 804. The molecule has 0 aromatic heterocycles. The minimum Gasteiger partial charge on any atom is -0.0837 e. The highest BCUT2D eigenvalue weighted by molar-refractivity contribution is 6.37. The number of hydrogen-bond donors (Lipinski definition) is 0. The molecule has 20 heavy (non-hydrogen) atoms. The summed E-state index contributed by atoms with van der Waals surface area (Å²) < 4.78 is 0. The van der Waals surface area contributed by atoms with Gasteiger partial charge in [0.25, 0.3) is 0 Å². The van der Waals surface area contributed by atoms with Crippen LogP contribution in [0.1, 0.15) is 11.1 Å². The van der Waals surface area contributed by atoms with E-state index in [-0.39, 0.29) is 0 Å². The fourth-order valence-electron chi connectivity index (χ4n) is 2.76. The molecule has 0 aliphatic rings. The zero-order valence-corrected chi connectivity index (χ0v) is 12.9. The summed E-state index contributed by atoms with van der Waals surface area (Å²) in [5.74, 6) is 0. The molecule has 3 aromatic rings. The van der Waals surface area contributed by atoms with Crippen LogP contribution < -0.4 is 0 Å². The first kappa shape index (κ1) is 13.5. The summed E-state index contributed by atoms with van der Waals surface area (Å²) in [5.41, 5.74) is 4.54. The van der Waals surface area contributed by atoms with E-state index in [4.69, 9.17) is 23.2 Å². The highest BCUT2D eigenvalue weighted by atomic mass is 35.5. The van der Waals surface area contributed by atoms with Crippen molar-refractivity contribution >= 4 is 34.0 Å². The van der Waals surface area contributed by atoms with E-state index in [0.29, 0.717) is 0 Å². The maximum absolute atomic E-state index is 6.43. The molecule has 3 aromatic carbocycles. The lowest BCUT2D eigenvalue weighted by atomic mass is 9.92. The van der Waals surface area contributed by atoms with Crippen molar-refractivity contribution in [1.82, 2.24) is 0 Å². The van der Waals surface area contributed by atoms with E-state index in [1.165, 1.54) is 11.1 Å². The Morgan fingerprint density at radius 1 is 0.750 bits per heavy atom. The van der Waals surface area contributed by atoms with Gasteiger partial charge in [-0.2, -0.15) is 0 Å². The molecule has 0 aliphatic carbocycles. The SMILES string of the molecule is Cc1cc(Cl)c2c(C)cccc2c1-c1ccccc1Cl. The molecule has 0 atom stereocenters. The first-order valence-electron chi connectivity index (χ1n) is 6.53. The van der Waals surface area contributed by atoms with E-state index in [1.807, 2.05) is 24.3 Å². The monoisotopic (exact) mass is 300 g/mol. The second kappa shape index (κ2) is 5.12. The molecule has 0 N–H and O–H groups in total. The zero-order valence-electron chi connectivity index (χ0n) is 11.4. The van der Waals surface area contributed by atoms with Gasteiger partial charge in [-0.25, -0.2) is 0 Å². The van der Waals surface area contributed by atoms with Crippen LogP contribution in [0, 0.1) is 13.8 Å². The van der Waals surface area contributed by atoms with Gasteiger partial charge in [-0.05, 0) is 48.1 Å². The number of rotatable bonds is 1. The molecule has 3 rings (SSSR count). The number of hydrogen-bond acceptors (Lipinski definition) is 0. The average Bonchev–Trinajstić information content (AvgIpc) is 2.40.